The minimum atomic E-state index is 0. The second-order valence-electron chi connectivity index (χ2n) is 8.61. The van der Waals surface area contributed by atoms with Crippen LogP contribution in [0.5, 0.6) is 5.75 Å². The van der Waals surface area contributed by atoms with Crippen LogP contribution < -0.4 is 15.4 Å². The Morgan fingerprint density at radius 2 is 1.88 bits per heavy atom. The number of nitrogens with one attached hydrogen (secondary N) is 2. The van der Waals surface area contributed by atoms with Gasteiger partial charge in [0.15, 0.2) is 5.96 Å². The van der Waals surface area contributed by atoms with E-state index in [1.54, 1.807) is 14.2 Å². The molecule has 0 aromatic heterocycles. The lowest BCUT2D eigenvalue weighted by Crippen LogP contribution is -2.46. The third-order valence-corrected chi connectivity index (χ3v) is 6.62. The minimum absolute atomic E-state index is 0. The van der Waals surface area contributed by atoms with Crippen LogP contribution in [0.1, 0.15) is 44.2 Å². The van der Waals surface area contributed by atoms with E-state index in [9.17, 15) is 0 Å². The summed E-state index contributed by atoms with van der Waals surface area (Å²) in [6.07, 6.45) is 4.90. The molecule has 32 heavy (non-hydrogen) atoms. The summed E-state index contributed by atoms with van der Waals surface area (Å²) < 4.78 is 16.3. The number of benzene rings is 1. The predicted octanol–water partition coefficient (Wildman–Crippen LogP) is 3.45. The first-order chi connectivity index (χ1) is 15.2. The first kappa shape index (κ1) is 27.1. The number of rotatable bonds is 11. The van der Waals surface area contributed by atoms with E-state index in [-0.39, 0.29) is 30.0 Å². The van der Waals surface area contributed by atoms with E-state index in [4.69, 9.17) is 19.2 Å². The van der Waals surface area contributed by atoms with Gasteiger partial charge < -0.3 is 24.8 Å². The molecule has 1 saturated heterocycles. The van der Waals surface area contributed by atoms with Crippen LogP contribution in [0.2, 0.25) is 0 Å². The Kier molecular flexibility index (Phi) is 12.1. The molecular weight excluding hydrogens is 519 g/mol. The SMILES string of the molecule is CCNC(=NCC1(CCOC)CCC1)NCC(c1ccc(OC)cc1)N1CCOCC1.I. The number of guanidine groups is 1. The maximum atomic E-state index is 5.59. The predicted molar refractivity (Wildman–Crippen MR) is 140 cm³/mol. The largest absolute Gasteiger partial charge is 0.497 e. The van der Waals surface area contributed by atoms with Crippen LogP contribution in [-0.4, -0.2) is 77.6 Å². The fourth-order valence-electron chi connectivity index (χ4n) is 4.44. The van der Waals surface area contributed by atoms with Gasteiger partial charge in [-0.2, -0.15) is 0 Å². The van der Waals surface area contributed by atoms with Crippen LogP contribution in [0, 0.1) is 5.41 Å². The second kappa shape index (κ2) is 14.2. The van der Waals surface area contributed by atoms with E-state index in [1.165, 1.54) is 24.8 Å². The molecule has 0 spiro atoms. The highest BCUT2D eigenvalue weighted by Gasteiger charge is 2.36. The van der Waals surface area contributed by atoms with Crippen molar-refractivity contribution in [3.05, 3.63) is 29.8 Å². The molecule has 0 radical (unpaired) electrons. The lowest BCUT2D eigenvalue weighted by molar-refractivity contribution is 0.0169. The van der Waals surface area contributed by atoms with Crippen LogP contribution in [-0.2, 0) is 9.47 Å². The van der Waals surface area contributed by atoms with Crippen molar-refractivity contribution in [1.29, 1.82) is 0 Å². The van der Waals surface area contributed by atoms with Gasteiger partial charge in [-0.15, -0.1) is 24.0 Å². The molecule has 3 rings (SSSR count). The molecule has 182 valence electrons. The van der Waals surface area contributed by atoms with Gasteiger partial charge >= 0.3 is 0 Å². The Hall–Kier alpha value is -1.10. The van der Waals surface area contributed by atoms with Gasteiger partial charge in [0, 0.05) is 46.4 Å². The summed E-state index contributed by atoms with van der Waals surface area (Å²) in [4.78, 5) is 7.47. The summed E-state index contributed by atoms with van der Waals surface area (Å²) in [7, 11) is 3.49. The molecule has 1 heterocycles. The molecule has 0 bridgehead atoms. The van der Waals surface area contributed by atoms with Gasteiger partial charge in [0.2, 0.25) is 0 Å². The first-order valence-corrected chi connectivity index (χ1v) is 11.7. The number of nitrogens with zero attached hydrogens (tertiary/aromatic N) is 2. The molecule has 1 aromatic carbocycles. The molecular formula is C24H41IN4O3. The third-order valence-electron chi connectivity index (χ3n) is 6.62. The van der Waals surface area contributed by atoms with E-state index in [0.717, 1.165) is 70.7 Å². The zero-order valence-corrected chi connectivity index (χ0v) is 22.2. The summed E-state index contributed by atoms with van der Waals surface area (Å²) in [5, 5.41) is 7.05. The minimum Gasteiger partial charge on any atom is -0.497 e. The molecule has 1 atom stereocenters. The third kappa shape index (κ3) is 7.74. The van der Waals surface area contributed by atoms with E-state index in [0.29, 0.717) is 5.41 Å². The number of ether oxygens (including phenoxy) is 3. The van der Waals surface area contributed by atoms with Crippen molar-refractivity contribution in [2.24, 2.45) is 10.4 Å². The van der Waals surface area contributed by atoms with Gasteiger partial charge in [-0.3, -0.25) is 9.89 Å². The van der Waals surface area contributed by atoms with Crippen molar-refractivity contribution in [2.75, 3.05) is 66.8 Å². The summed E-state index contributed by atoms with van der Waals surface area (Å²) in [5.41, 5.74) is 1.60. The molecule has 1 aliphatic carbocycles. The van der Waals surface area contributed by atoms with Crippen molar-refractivity contribution in [1.82, 2.24) is 15.5 Å². The van der Waals surface area contributed by atoms with Crippen LogP contribution in [0.3, 0.4) is 0 Å². The van der Waals surface area contributed by atoms with Crippen molar-refractivity contribution in [2.45, 2.75) is 38.6 Å². The molecule has 1 saturated carbocycles. The molecule has 2 fully saturated rings. The fourth-order valence-corrected chi connectivity index (χ4v) is 4.44. The standard InChI is InChI=1S/C24H40N4O3.HI/c1-4-25-23(27-19-24(10-5-11-24)12-15-29-2)26-18-22(28-13-16-31-17-14-28)20-6-8-21(30-3)9-7-20;/h6-9,22H,4-5,10-19H2,1-3H3,(H2,25,26,27);1H. The maximum Gasteiger partial charge on any atom is 0.191 e. The molecule has 1 unspecified atom stereocenters. The van der Waals surface area contributed by atoms with Gasteiger partial charge in [-0.1, -0.05) is 18.6 Å². The molecule has 2 aliphatic rings. The molecule has 2 N–H and O–H groups in total. The smallest absolute Gasteiger partial charge is 0.191 e. The normalized spacial score (nSPS) is 19.4. The Morgan fingerprint density at radius 3 is 2.44 bits per heavy atom. The van der Waals surface area contributed by atoms with Crippen molar-refractivity contribution >= 4 is 29.9 Å². The van der Waals surface area contributed by atoms with Gasteiger partial charge in [0.05, 0.1) is 26.4 Å². The van der Waals surface area contributed by atoms with Crippen LogP contribution in [0.4, 0.5) is 0 Å². The van der Waals surface area contributed by atoms with Crippen LogP contribution >= 0.6 is 24.0 Å². The zero-order valence-electron chi connectivity index (χ0n) is 19.9. The summed E-state index contributed by atoms with van der Waals surface area (Å²) in [6.45, 7) is 8.87. The average Bonchev–Trinajstić information content (AvgIpc) is 2.79. The average molecular weight is 561 g/mol. The first-order valence-electron chi connectivity index (χ1n) is 11.7. The highest BCUT2D eigenvalue weighted by Crippen LogP contribution is 2.44. The second-order valence-corrected chi connectivity index (χ2v) is 8.61. The van der Waals surface area contributed by atoms with Gasteiger partial charge in [0.1, 0.15) is 5.75 Å². The van der Waals surface area contributed by atoms with Gasteiger partial charge in [0.25, 0.3) is 0 Å². The van der Waals surface area contributed by atoms with Crippen LogP contribution in [0.15, 0.2) is 29.3 Å². The lowest BCUT2D eigenvalue weighted by Gasteiger charge is -2.41. The van der Waals surface area contributed by atoms with Gasteiger partial charge in [-0.25, -0.2) is 0 Å². The highest BCUT2D eigenvalue weighted by atomic mass is 127. The Bertz CT molecular complexity index is 676. The topological polar surface area (TPSA) is 67.4 Å². The quantitative estimate of drug-likeness (QED) is 0.246. The Labute approximate surface area is 210 Å². The van der Waals surface area contributed by atoms with Crippen molar-refractivity contribution < 1.29 is 14.2 Å². The number of aliphatic imine (C=N–C) groups is 1. The highest BCUT2D eigenvalue weighted by molar-refractivity contribution is 14.0. The molecule has 7 nitrogen and oxygen atoms in total. The Morgan fingerprint density at radius 1 is 1.16 bits per heavy atom. The van der Waals surface area contributed by atoms with Crippen molar-refractivity contribution in [3.8, 4) is 5.75 Å². The fraction of sp³-hybridized carbons (Fsp3) is 0.708. The molecule has 8 heteroatoms. The number of morpholine rings is 1. The summed E-state index contributed by atoms with van der Waals surface area (Å²) >= 11 is 0. The number of hydrogen-bond donors (Lipinski definition) is 2. The maximum absolute atomic E-state index is 5.59. The lowest BCUT2D eigenvalue weighted by atomic mass is 9.67. The molecule has 0 amide bonds. The zero-order chi connectivity index (χ0) is 21.9. The summed E-state index contributed by atoms with van der Waals surface area (Å²) in [5.74, 6) is 1.78. The van der Waals surface area contributed by atoms with Gasteiger partial charge in [-0.05, 0) is 49.3 Å². The number of halogens is 1. The number of methoxy groups -OCH3 is 2. The van der Waals surface area contributed by atoms with E-state index in [1.807, 2.05) is 12.1 Å². The Balaban J connectivity index is 0.00000363. The van der Waals surface area contributed by atoms with E-state index < -0.39 is 0 Å². The van der Waals surface area contributed by atoms with Crippen LogP contribution in [0.25, 0.3) is 0 Å². The van der Waals surface area contributed by atoms with Crippen molar-refractivity contribution in [3.63, 3.8) is 0 Å². The summed E-state index contributed by atoms with van der Waals surface area (Å²) in [6, 6.07) is 8.67. The van der Waals surface area contributed by atoms with E-state index in [2.05, 4.69) is 34.6 Å². The molecule has 1 aliphatic heterocycles. The monoisotopic (exact) mass is 560 g/mol. The molecule has 1 aromatic rings. The number of hydrogen-bond acceptors (Lipinski definition) is 5. The van der Waals surface area contributed by atoms with E-state index >= 15 is 0 Å².